The molecular formula is C18H29NO. The van der Waals surface area contributed by atoms with Crippen LogP contribution in [0.25, 0.3) is 0 Å². The third-order valence-corrected chi connectivity index (χ3v) is 4.66. The number of ether oxygens (including phenoxy) is 1. The van der Waals surface area contributed by atoms with Crippen LogP contribution in [0.3, 0.4) is 0 Å². The summed E-state index contributed by atoms with van der Waals surface area (Å²) in [5.74, 6) is 1.93. The monoisotopic (exact) mass is 275 g/mol. The van der Waals surface area contributed by atoms with E-state index in [0.29, 0.717) is 6.04 Å². The van der Waals surface area contributed by atoms with Gasteiger partial charge in [0.2, 0.25) is 0 Å². The lowest BCUT2D eigenvalue weighted by Gasteiger charge is -2.23. The van der Waals surface area contributed by atoms with Crippen molar-refractivity contribution in [2.75, 3.05) is 14.2 Å². The summed E-state index contributed by atoms with van der Waals surface area (Å²) in [6.07, 6.45) is 10.9. The van der Waals surface area contributed by atoms with Gasteiger partial charge in [-0.15, -0.1) is 0 Å². The molecule has 2 nitrogen and oxygen atoms in total. The summed E-state index contributed by atoms with van der Waals surface area (Å²) in [4.78, 5) is 0. The van der Waals surface area contributed by atoms with Crippen LogP contribution in [-0.4, -0.2) is 20.2 Å². The van der Waals surface area contributed by atoms with Crippen LogP contribution in [-0.2, 0) is 6.42 Å². The minimum atomic E-state index is 0.564. The van der Waals surface area contributed by atoms with Crippen LogP contribution in [0.5, 0.6) is 5.75 Å². The van der Waals surface area contributed by atoms with Gasteiger partial charge in [0, 0.05) is 6.04 Å². The molecule has 0 saturated heterocycles. The lowest BCUT2D eigenvalue weighted by atomic mass is 9.90. The molecule has 112 valence electrons. The molecule has 20 heavy (non-hydrogen) atoms. The fourth-order valence-electron chi connectivity index (χ4n) is 3.44. The van der Waals surface area contributed by atoms with E-state index in [4.69, 9.17) is 4.74 Å². The lowest BCUT2D eigenvalue weighted by Crippen LogP contribution is -2.30. The molecule has 1 fully saturated rings. The standard InChI is InChI=1S/C18H29NO/c1-19-17(13-15-9-5-3-4-6-10-15)14-16-11-7-8-12-18(16)20-2/h7-8,11-12,15,17,19H,3-6,9-10,13-14H2,1-2H3. The van der Waals surface area contributed by atoms with E-state index in [1.54, 1.807) is 7.11 Å². The van der Waals surface area contributed by atoms with Gasteiger partial charge in [0.15, 0.2) is 0 Å². The van der Waals surface area contributed by atoms with Crippen molar-refractivity contribution < 1.29 is 4.74 Å². The van der Waals surface area contributed by atoms with E-state index in [0.717, 1.165) is 18.1 Å². The smallest absolute Gasteiger partial charge is 0.122 e. The van der Waals surface area contributed by atoms with Crippen molar-refractivity contribution in [3.05, 3.63) is 29.8 Å². The summed E-state index contributed by atoms with van der Waals surface area (Å²) in [5, 5.41) is 3.51. The van der Waals surface area contributed by atoms with Crippen LogP contribution in [0.4, 0.5) is 0 Å². The summed E-state index contributed by atoms with van der Waals surface area (Å²) in [6.45, 7) is 0. The average Bonchev–Trinajstić information content (AvgIpc) is 2.75. The Balaban J connectivity index is 1.94. The van der Waals surface area contributed by atoms with Gasteiger partial charge in [0.1, 0.15) is 5.75 Å². The van der Waals surface area contributed by atoms with Gasteiger partial charge < -0.3 is 10.1 Å². The van der Waals surface area contributed by atoms with E-state index >= 15 is 0 Å². The van der Waals surface area contributed by atoms with Gasteiger partial charge in [-0.25, -0.2) is 0 Å². The predicted molar refractivity (Wildman–Crippen MR) is 85.4 cm³/mol. The maximum absolute atomic E-state index is 5.47. The van der Waals surface area contributed by atoms with Gasteiger partial charge >= 0.3 is 0 Å². The molecule has 1 unspecified atom stereocenters. The maximum atomic E-state index is 5.47. The van der Waals surface area contributed by atoms with Gasteiger partial charge in [0.25, 0.3) is 0 Å². The zero-order valence-electron chi connectivity index (χ0n) is 13.0. The minimum Gasteiger partial charge on any atom is -0.496 e. The second kappa shape index (κ2) is 8.31. The second-order valence-corrected chi connectivity index (χ2v) is 6.09. The Morgan fingerprint density at radius 2 is 1.85 bits per heavy atom. The van der Waals surface area contributed by atoms with Gasteiger partial charge in [-0.1, -0.05) is 56.7 Å². The summed E-state index contributed by atoms with van der Waals surface area (Å²) < 4.78 is 5.47. The molecule has 0 amide bonds. The molecule has 0 radical (unpaired) electrons. The second-order valence-electron chi connectivity index (χ2n) is 6.09. The fourth-order valence-corrected chi connectivity index (χ4v) is 3.44. The Morgan fingerprint density at radius 3 is 2.50 bits per heavy atom. The molecule has 0 spiro atoms. The number of hydrogen-bond acceptors (Lipinski definition) is 2. The molecule has 2 heteroatoms. The van der Waals surface area contributed by atoms with E-state index in [9.17, 15) is 0 Å². The molecule has 2 rings (SSSR count). The zero-order chi connectivity index (χ0) is 14.2. The predicted octanol–water partition coefficient (Wildman–Crippen LogP) is 4.19. The molecule has 1 N–H and O–H groups in total. The number of rotatable bonds is 6. The summed E-state index contributed by atoms with van der Waals surface area (Å²) in [5.41, 5.74) is 1.32. The van der Waals surface area contributed by atoms with Crippen molar-refractivity contribution in [2.45, 2.75) is 57.4 Å². The molecule has 1 atom stereocenters. The molecular weight excluding hydrogens is 246 g/mol. The quantitative estimate of drug-likeness (QED) is 0.786. The van der Waals surface area contributed by atoms with Gasteiger partial charge in [0.05, 0.1) is 7.11 Å². The highest BCUT2D eigenvalue weighted by Gasteiger charge is 2.18. The zero-order valence-corrected chi connectivity index (χ0v) is 13.0. The van der Waals surface area contributed by atoms with Gasteiger partial charge in [-0.2, -0.15) is 0 Å². The number of methoxy groups -OCH3 is 1. The molecule has 0 aliphatic heterocycles. The molecule has 1 aliphatic rings. The van der Waals surface area contributed by atoms with Crippen LogP contribution in [0.15, 0.2) is 24.3 Å². The SMILES string of the molecule is CNC(Cc1ccccc1OC)CC1CCCCCC1. The maximum Gasteiger partial charge on any atom is 0.122 e. The topological polar surface area (TPSA) is 21.3 Å². The third kappa shape index (κ3) is 4.52. The summed E-state index contributed by atoms with van der Waals surface area (Å²) in [6, 6.07) is 8.97. The first kappa shape index (κ1) is 15.4. The van der Waals surface area contributed by atoms with Crippen LogP contribution < -0.4 is 10.1 Å². The highest BCUT2D eigenvalue weighted by Crippen LogP contribution is 2.28. The Morgan fingerprint density at radius 1 is 1.15 bits per heavy atom. The Hall–Kier alpha value is -1.02. The summed E-state index contributed by atoms with van der Waals surface area (Å²) >= 11 is 0. The lowest BCUT2D eigenvalue weighted by molar-refractivity contribution is 0.356. The third-order valence-electron chi connectivity index (χ3n) is 4.66. The highest BCUT2D eigenvalue weighted by atomic mass is 16.5. The van der Waals surface area contributed by atoms with Crippen LogP contribution >= 0.6 is 0 Å². The Labute approximate surface area is 123 Å². The first-order chi connectivity index (χ1) is 9.83. The van der Waals surface area contributed by atoms with Crippen LogP contribution in [0.1, 0.15) is 50.5 Å². The Kier molecular flexibility index (Phi) is 6.38. The molecule has 0 heterocycles. The van der Waals surface area contributed by atoms with Crippen molar-refractivity contribution in [1.82, 2.24) is 5.32 Å². The van der Waals surface area contributed by atoms with Crippen molar-refractivity contribution in [2.24, 2.45) is 5.92 Å². The van der Waals surface area contributed by atoms with E-state index in [1.165, 1.54) is 50.5 Å². The molecule has 1 aromatic rings. The molecule has 0 bridgehead atoms. The molecule has 1 saturated carbocycles. The average molecular weight is 275 g/mol. The largest absolute Gasteiger partial charge is 0.496 e. The first-order valence-electron chi connectivity index (χ1n) is 8.12. The van der Waals surface area contributed by atoms with E-state index < -0.39 is 0 Å². The molecule has 0 aromatic heterocycles. The van der Waals surface area contributed by atoms with Crippen molar-refractivity contribution in [3.8, 4) is 5.75 Å². The van der Waals surface area contributed by atoms with E-state index in [-0.39, 0.29) is 0 Å². The van der Waals surface area contributed by atoms with Crippen molar-refractivity contribution >= 4 is 0 Å². The Bertz CT molecular complexity index is 383. The number of nitrogens with one attached hydrogen (secondary N) is 1. The molecule has 1 aliphatic carbocycles. The fraction of sp³-hybridized carbons (Fsp3) is 0.667. The minimum absolute atomic E-state index is 0.564. The normalized spacial score (nSPS) is 18.5. The highest BCUT2D eigenvalue weighted by molar-refractivity contribution is 5.33. The summed E-state index contributed by atoms with van der Waals surface area (Å²) in [7, 11) is 3.86. The molecule has 1 aromatic carbocycles. The number of benzene rings is 1. The van der Waals surface area contributed by atoms with Crippen molar-refractivity contribution in [3.63, 3.8) is 0 Å². The van der Waals surface area contributed by atoms with Crippen LogP contribution in [0.2, 0.25) is 0 Å². The van der Waals surface area contributed by atoms with E-state index in [1.807, 2.05) is 6.07 Å². The number of para-hydroxylation sites is 1. The first-order valence-corrected chi connectivity index (χ1v) is 8.12. The van der Waals surface area contributed by atoms with Crippen LogP contribution in [0, 0.1) is 5.92 Å². The number of hydrogen-bond donors (Lipinski definition) is 1. The van der Waals surface area contributed by atoms with E-state index in [2.05, 4.69) is 30.6 Å². The van der Waals surface area contributed by atoms with Gasteiger partial charge in [-0.3, -0.25) is 0 Å². The van der Waals surface area contributed by atoms with Crippen molar-refractivity contribution in [1.29, 1.82) is 0 Å². The van der Waals surface area contributed by atoms with Gasteiger partial charge in [-0.05, 0) is 37.4 Å². The number of likely N-dealkylation sites (N-methyl/N-ethyl adjacent to an activating group) is 1.